The fraction of sp³-hybridized carbons (Fsp3) is 0.357. The number of hydrogen-bond acceptors (Lipinski definition) is 6. The fourth-order valence-corrected chi connectivity index (χ4v) is 2.60. The van der Waals surface area contributed by atoms with Crippen LogP contribution in [0.1, 0.15) is 0 Å². The van der Waals surface area contributed by atoms with Crippen molar-refractivity contribution in [3.63, 3.8) is 0 Å². The van der Waals surface area contributed by atoms with Crippen LogP contribution in [0.25, 0.3) is 11.1 Å². The number of rotatable bonds is 4. The lowest BCUT2D eigenvalue weighted by molar-refractivity contribution is -0.141. The molecule has 1 saturated heterocycles. The summed E-state index contributed by atoms with van der Waals surface area (Å²) in [4.78, 5) is 28.3. The van der Waals surface area contributed by atoms with Gasteiger partial charge < -0.3 is 19.7 Å². The van der Waals surface area contributed by atoms with Crippen molar-refractivity contribution in [3.05, 3.63) is 23.6 Å². The Labute approximate surface area is 147 Å². The second-order valence-electron chi connectivity index (χ2n) is 5.52. The Morgan fingerprint density at radius 1 is 1.44 bits per heavy atom. The Kier molecular flexibility index (Phi) is 4.45. The third-order valence-electron chi connectivity index (χ3n) is 3.66. The van der Waals surface area contributed by atoms with E-state index in [4.69, 9.17) is 14.9 Å². The number of benzene rings is 1. The van der Waals surface area contributed by atoms with Crippen molar-refractivity contribution in [1.82, 2.24) is 4.57 Å². The third-order valence-corrected chi connectivity index (χ3v) is 3.66. The van der Waals surface area contributed by atoms with Crippen molar-refractivity contribution in [1.29, 1.82) is 0 Å². The molecule has 3 rings (SSSR count). The summed E-state index contributed by atoms with van der Waals surface area (Å²) in [6.07, 6.45) is -6.88. The van der Waals surface area contributed by atoms with Gasteiger partial charge in [-0.1, -0.05) is 0 Å². The van der Waals surface area contributed by atoms with E-state index in [1.54, 1.807) is 0 Å². The number of oxazole rings is 1. The molecule has 1 aromatic heterocycles. The normalized spacial score (nSPS) is 18.3. The molecule has 1 aromatic carbocycles. The molecule has 1 atom stereocenters. The zero-order valence-corrected chi connectivity index (χ0v) is 13.6. The molecule has 0 bridgehead atoms. The second kappa shape index (κ2) is 6.48. The second-order valence-corrected chi connectivity index (χ2v) is 5.52. The predicted molar refractivity (Wildman–Crippen MR) is 79.6 cm³/mol. The molecule has 2 heterocycles. The summed E-state index contributed by atoms with van der Waals surface area (Å²) in [7, 11) is 1.08. The first-order valence-electron chi connectivity index (χ1n) is 7.35. The lowest BCUT2D eigenvalue weighted by Gasteiger charge is -2.13. The summed E-state index contributed by atoms with van der Waals surface area (Å²) in [5.74, 6) is -2.00. The Bertz CT molecular complexity index is 980. The van der Waals surface area contributed by atoms with Gasteiger partial charge in [-0.05, 0) is 5.16 Å². The first-order chi connectivity index (χ1) is 12.6. The van der Waals surface area contributed by atoms with Gasteiger partial charge in [0.05, 0.1) is 12.2 Å². The standard InChI is InChI=1S/C14H12F4N4O5/c1-25-20-12-22(5-14(16,17)18)10-7(15)2-6(3-8(10)26-12)21-4-9(11(19)23)27-13(21)24/h2-3,9H,4-5H2,1H3,(H2,19,23)/t9-/m1/s1. The summed E-state index contributed by atoms with van der Waals surface area (Å²) in [6.45, 7) is -1.86. The molecule has 0 saturated carbocycles. The molecule has 27 heavy (non-hydrogen) atoms. The molecular weight excluding hydrogens is 380 g/mol. The number of fused-ring (bicyclic) bond motifs is 1. The predicted octanol–water partition coefficient (Wildman–Crippen LogP) is 1.21. The molecular formula is C14H12F4N4O5. The van der Waals surface area contributed by atoms with Gasteiger partial charge in [-0.25, -0.2) is 9.18 Å². The minimum atomic E-state index is -4.68. The van der Waals surface area contributed by atoms with Crippen molar-refractivity contribution >= 4 is 28.8 Å². The lowest BCUT2D eigenvalue weighted by atomic mass is 10.2. The van der Waals surface area contributed by atoms with Gasteiger partial charge >= 0.3 is 18.0 Å². The Hall–Kier alpha value is -3.25. The molecule has 0 aliphatic carbocycles. The van der Waals surface area contributed by atoms with E-state index in [0.717, 1.165) is 24.1 Å². The summed E-state index contributed by atoms with van der Waals surface area (Å²) in [6, 6.07) is 1.93. The number of ether oxygens (including phenoxy) is 1. The quantitative estimate of drug-likeness (QED) is 0.621. The molecule has 1 fully saturated rings. The van der Waals surface area contributed by atoms with E-state index >= 15 is 0 Å². The number of cyclic esters (lactones) is 1. The highest BCUT2D eigenvalue weighted by atomic mass is 19.4. The van der Waals surface area contributed by atoms with Gasteiger partial charge in [0.2, 0.25) is 0 Å². The van der Waals surface area contributed by atoms with Gasteiger partial charge in [-0.2, -0.15) is 13.2 Å². The van der Waals surface area contributed by atoms with E-state index in [9.17, 15) is 27.2 Å². The number of alkyl halides is 3. The van der Waals surface area contributed by atoms with Crippen LogP contribution in [0, 0.1) is 5.82 Å². The first-order valence-corrected chi connectivity index (χ1v) is 7.35. The molecule has 13 heteroatoms. The third kappa shape index (κ3) is 3.52. The van der Waals surface area contributed by atoms with Crippen molar-refractivity contribution in [2.75, 3.05) is 18.6 Å². The van der Waals surface area contributed by atoms with Gasteiger partial charge in [0.15, 0.2) is 17.5 Å². The Morgan fingerprint density at radius 3 is 2.70 bits per heavy atom. The van der Waals surface area contributed by atoms with Crippen molar-refractivity contribution in [2.45, 2.75) is 18.8 Å². The van der Waals surface area contributed by atoms with Crippen LogP contribution in [0.3, 0.4) is 0 Å². The smallest absolute Gasteiger partial charge is 0.415 e. The van der Waals surface area contributed by atoms with Crippen LogP contribution in [0.15, 0.2) is 21.7 Å². The summed E-state index contributed by atoms with van der Waals surface area (Å²) in [5, 5.41) is 3.31. The van der Waals surface area contributed by atoms with Gasteiger partial charge in [0, 0.05) is 12.1 Å². The summed E-state index contributed by atoms with van der Waals surface area (Å²) >= 11 is 0. The molecule has 146 valence electrons. The van der Waals surface area contributed by atoms with Crippen LogP contribution < -0.4 is 16.3 Å². The highest BCUT2D eigenvalue weighted by molar-refractivity contribution is 5.96. The van der Waals surface area contributed by atoms with Crippen molar-refractivity contribution in [3.8, 4) is 0 Å². The fourth-order valence-electron chi connectivity index (χ4n) is 2.60. The number of carbonyl (C=O) groups excluding carboxylic acids is 2. The lowest BCUT2D eigenvalue weighted by Crippen LogP contribution is -2.32. The maximum absolute atomic E-state index is 14.6. The van der Waals surface area contributed by atoms with Crippen LogP contribution in [-0.2, 0) is 20.9 Å². The highest BCUT2D eigenvalue weighted by Crippen LogP contribution is 2.29. The number of nitrogens with zero attached hydrogens (tertiary/aromatic N) is 3. The SMILES string of the molecule is CON=c1oc2cc(N3C[C@H](C(N)=O)OC3=O)cc(F)c2n1CC(F)(F)F. The van der Waals surface area contributed by atoms with Crippen molar-refractivity contribution < 1.29 is 41.1 Å². The minimum absolute atomic E-state index is 0.0920. The van der Waals surface area contributed by atoms with E-state index in [1.807, 2.05) is 0 Å². The summed E-state index contributed by atoms with van der Waals surface area (Å²) in [5.41, 5.74) is 3.51. The number of halogens is 4. The van der Waals surface area contributed by atoms with Gasteiger partial charge in [-0.3, -0.25) is 14.3 Å². The number of hydrogen-bond donors (Lipinski definition) is 1. The number of amides is 2. The van der Waals surface area contributed by atoms with Crippen LogP contribution in [0.2, 0.25) is 0 Å². The van der Waals surface area contributed by atoms with E-state index in [1.165, 1.54) is 0 Å². The zero-order valence-electron chi connectivity index (χ0n) is 13.6. The number of nitrogens with two attached hydrogens (primary N) is 1. The zero-order chi connectivity index (χ0) is 19.9. The highest BCUT2D eigenvalue weighted by Gasteiger charge is 2.37. The van der Waals surface area contributed by atoms with Crippen LogP contribution in [0.4, 0.5) is 28.0 Å². The molecule has 1 aliphatic heterocycles. The number of carbonyl (C=O) groups is 2. The molecule has 2 aromatic rings. The average molecular weight is 392 g/mol. The molecule has 2 amide bonds. The maximum atomic E-state index is 14.6. The topological polar surface area (TPSA) is 112 Å². The van der Waals surface area contributed by atoms with Crippen LogP contribution in [0.5, 0.6) is 0 Å². The molecule has 0 unspecified atom stereocenters. The average Bonchev–Trinajstić information content (AvgIpc) is 3.08. The minimum Gasteiger partial charge on any atom is -0.434 e. The number of primary amides is 1. The van der Waals surface area contributed by atoms with Crippen molar-refractivity contribution in [2.24, 2.45) is 10.9 Å². The van der Waals surface area contributed by atoms with E-state index in [0.29, 0.717) is 4.57 Å². The van der Waals surface area contributed by atoms with E-state index in [2.05, 4.69) is 9.99 Å². The maximum Gasteiger partial charge on any atom is 0.415 e. The molecule has 2 N–H and O–H groups in total. The molecule has 9 nitrogen and oxygen atoms in total. The number of aromatic nitrogens is 1. The summed E-state index contributed by atoms with van der Waals surface area (Å²) < 4.78 is 63.3. The Morgan fingerprint density at radius 2 is 2.15 bits per heavy atom. The van der Waals surface area contributed by atoms with E-state index < -0.39 is 47.8 Å². The first kappa shape index (κ1) is 18.5. The van der Waals surface area contributed by atoms with Crippen LogP contribution in [-0.4, -0.2) is 42.5 Å². The number of anilines is 1. The molecule has 0 radical (unpaired) electrons. The van der Waals surface area contributed by atoms with Crippen LogP contribution >= 0.6 is 0 Å². The Balaban J connectivity index is 2.12. The monoisotopic (exact) mass is 392 g/mol. The van der Waals surface area contributed by atoms with Gasteiger partial charge in [0.1, 0.15) is 19.2 Å². The molecule has 1 aliphatic rings. The van der Waals surface area contributed by atoms with Gasteiger partial charge in [0.25, 0.3) is 5.91 Å². The van der Waals surface area contributed by atoms with E-state index in [-0.39, 0.29) is 17.8 Å². The molecule has 0 spiro atoms. The largest absolute Gasteiger partial charge is 0.434 e. The van der Waals surface area contributed by atoms with Gasteiger partial charge in [-0.15, -0.1) is 0 Å².